The Hall–Kier alpha value is -0.890. The van der Waals surface area contributed by atoms with Crippen molar-refractivity contribution in [1.82, 2.24) is 0 Å². The van der Waals surface area contributed by atoms with Gasteiger partial charge in [0.1, 0.15) is 5.78 Å². The van der Waals surface area contributed by atoms with Crippen LogP contribution in [-0.4, -0.2) is 39.4 Å². The van der Waals surface area contributed by atoms with E-state index in [1.54, 1.807) is 6.92 Å². The molecule has 2 aliphatic carbocycles. The van der Waals surface area contributed by atoms with Gasteiger partial charge in [-0.05, 0) is 38.0 Å². The zero-order valence-corrected chi connectivity index (χ0v) is 16.4. The number of carbonyl (C=O) groups excluding carboxylic acids is 1. The van der Waals surface area contributed by atoms with Crippen molar-refractivity contribution >= 4 is 5.78 Å². The summed E-state index contributed by atoms with van der Waals surface area (Å²) >= 11 is 0. The van der Waals surface area contributed by atoms with Crippen molar-refractivity contribution in [2.24, 2.45) is 17.3 Å². The molecule has 0 aromatic carbocycles. The predicted molar refractivity (Wildman–Crippen MR) is 102 cm³/mol. The molecule has 0 spiro atoms. The number of hydrogen-bond donors (Lipinski definition) is 3. The summed E-state index contributed by atoms with van der Waals surface area (Å²) in [5.74, 6) is 6.33. The topological polar surface area (TPSA) is 77.8 Å². The Kier molecular flexibility index (Phi) is 8.13. The molecule has 0 amide bonds. The van der Waals surface area contributed by atoms with Gasteiger partial charge in [0, 0.05) is 25.2 Å². The van der Waals surface area contributed by atoms with Crippen molar-refractivity contribution in [2.45, 2.75) is 103 Å². The van der Waals surface area contributed by atoms with Gasteiger partial charge in [0.15, 0.2) is 0 Å². The molecular formula is C22H36O4. The SMILES string of the molecule is CC(=O)CCCCCC[C@H]1C(O)CC(O)[C@@H]1C#CCC(O)C1(C)CCC1. The molecule has 0 saturated heterocycles. The summed E-state index contributed by atoms with van der Waals surface area (Å²) in [5, 5.41) is 30.8. The molecule has 148 valence electrons. The standard InChI is InChI=1S/C22H36O4/c1-16(23)9-5-3-4-6-10-17-18(20(25)15-19(17)24)11-7-12-21(26)22(2)13-8-14-22/h17-21,24-26H,3-6,8-10,12-15H2,1-2H3/t17-,18-,19?,20?,21?/m1/s1. The number of hydrogen-bond acceptors (Lipinski definition) is 4. The van der Waals surface area contributed by atoms with E-state index in [9.17, 15) is 20.1 Å². The fourth-order valence-electron chi connectivity index (χ4n) is 4.36. The van der Waals surface area contributed by atoms with E-state index in [0.717, 1.165) is 44.9 Å². The lowest BCUT2D eigenvalue weighted by Crippen LogP contribution is -2.38. The third kappa shape index (κ3) is 5.81. The second-order valence-corrected chi connectivity index (χ2v) is 8.76. The van der Waals surface area contributed by atoms with Crippen LogP contribution in [0.4, 0.5) is 0 Å². The summed E-state index contributed by atoms with van der Waals surface area (Å²) in [6, 6.07) is 0. The molecule has 4 heteroatoms. The molecule has 2 saturated carbocycles. The van der Waals surface area contributed by atoms with Crippen LogP contribution in [-0.2, 0) is 4.79 Å². The van der Waals surface area contributed by atoms with Crippen LogP contribution >= 0.6 is 0 Å². The van der Waals surface area contributed by atoms with E-state index in [1.807, 2.05) is 0 Å². The fraction of sp³-hybridized carbons (Fsp3) is 0.864. The van der Waals surface area contributed by atoms with Gasteiger partial charge in [-0.15, -0.1) is 5.92 Å². The van der Waals surface area contributed by atoms with Crippen LogP contribution in [0.5, 0.6) is 0 Å². The van der Waals surface area contributed by atoms with Gasteiger partial charge in [0.2, 0.25) is 0 Å². The van der Waals surface area contributed by atoms with Crippen molar-refractivity contribution in [2.75, 3.05) is 0 Å². The van der Waals surface area contributed by atoms with Gasteiger partial charge >= 0.3 is 0 Å². The fourth-order valence-corrected chi connectivity index (χ4v) is 4.36. The maximum atomic E-state index is 10.9. The first-order valence-corrected chi connectivity index (χ1v) is 10.4. The molecule has 3 unspecified atom stereocenters. The number of aliphatic hydroxyl groups excluding tert-OH is 3. The lowest BCUT2D eigenvalue weighted by atomic mass is 9.66. The Morgan fingerprint density at radius 1 is 1.15 bits per heavy atom. The second kappa shape index (κ2) is 9.88. The minimum absolute atomic E-state index is 0.0155. The third-order valence-electron chi connectivity index (χ3n) is 6.53. The van der Waals surface area contributed by atoms with Gasteiger partial charge in [-0.3, -0.25) is 0 Å². The van der Waals surface area contributed by atoms with Gasteiger partial charge in [-0.25, -0.2) is 0 Å². The first-order chi connectivity index (χ1) is 12.3. The summed E-state index contributed by atoms with van der Waals surface area (Å²) in [7, 11) is 0. The molecule has 5 atom stereocenters. The molecule has 0 aliphatic heterocycles. The molecule has 2 fully saturated rings. The Labute approximate surface area is 158 Å². The monoisotopic (exact) mass is 364 g/mol. The zero-order valence-electron chi connectivity index (χ0n) is 16.4. The van der Waals surface area contributed by atoms with Crippen LogP contribution in [0.3, 0.4) is 0 Å². The van der Waals surface area contributed by atoms with Gasteiger partial charge in [0.05, 0.1) is 24.2 Å². The van der Waals surface area contributed by atoms with Crippen LogP contribution in [0.25, 0.3) is 0 Å². The molecule has 0 aromatic heterocycles. The van der Waals surface area contributed by atoms with Crippen molar-refractivity contribution in [3.05, 3.63) is 0 Å². The first kappa shape index (κ1) is 21.4. The number of carbonyl (C=O) groups is 1. The maximum Gasteiger partial charge on any atom is 0.129 e. The van der Waals surface area contributed by atoms with Gasteiger partial charge in [0.25, 0.3) is 0 Å². The van der Waals surface area contributed by atoms with Crippen molar-refractivity contribution in [1.29, 1.82) is 0 Å². The summed E-state index contributed by atoms with van der Waals surface area (Å²) in [4.78, 5) is 10.9. The van der Waals surface area contributed by atoms with Crippen LogP contribution < -0.4 is 0 Å². The number of aliphatic hydroxyl groups is 3. The number of unbranched alkanes of at least 4 members (excludes halogenated alkanes) is 3. The Morgan fingerprint density at radius 3 is 2.46 bits per heavy atom. The smallest absolute Gasteiger partial charge is 0.129 e. The Bertz CT molecular complexity index is 514. The van der Waals surface area contributed by atoms with Crippen LogP contribution in [0, 0.1) is 29.1 Å². The molecule has 2 aliphatic rings. The van der Waals surface area contributed by atoms with Gasteiger partial charge in [-0.2, -0.15) is 0 Å². The van der Waals surface area contributed by atoms with Crippen molar-refractivity contribution in [3.63, 3.8) is 0 Å². The molecule has 2 rings (SSSR count). The second-order valence-electron chi connectivity index (χ2n) is 8.76. The lowest BCUT2D eigenvalue weighted by Gasteiger charge is -2.41. The molecule has 0 bridgehead atoms. The van der Waals surface area contributed by atoms with E-state index < -0.39 is 18.3 Å². The average Bonchev–Trinajstić information content (AvgIpc) is 2.81. The summed E-state index contributed by atoms with van der Waals surface area (Å²) in [5.41, 5.74) is 0.0156. The largest absolute Gasteiger partial charge is 0.393 e. The molecule has 3 N–H and O–H groups in total. The van der Waals surface area contributed by atoms with Crippen LogP contribution in [0.2, 0.25) is 0 Å². The molecule has 0 radical (unpaired) electrons. The number of ketones is 1. The first-order valence-electron chi connectivity index (χ1n) is 10.4. The highest BCUT2D eigenvalue weighted by molar-refractivity contribution is 5.75. The highest BCUT2D eigenvalue weighted by atomic mass is 16.3. The quantitative estimate of drug-likeness (QED) is 0.434. The highest BCUT2D eigenvalue weighted by Gasteiger charge is 2.41. The maximum absolute atomic E-state index is 10.9. The number of Topliss-reactive ketones (excluding diaryl/α,β-unsaturated/α-hetero) is 1. The van der Waals surface area contributed by atoms with E-state index in [4.69, 9.17) is 0 Å². The van der Waals surface area contributed by atoms with E-state index in [1.165, 1.54) is 6.42 Å². The zero-order chi connectivity index (χ0) is 19.2. The van der Waals surface area contributed by atoms with Gasteiger partial charge < -0.3 is 20.1 Å². The normalized spacial score (nSPS) is 31.0. The molecule has 26 heavy (non-hydrogen) atoms. The Morgan fingerprint density at radius 2 is 1.85 bits per heavy atom. The summed E-state index contributed by atoms with van der Waals surface area (Å²) < 4.78 is 0. The molecule has 4 nitrogen and oxygen atoms in total. The van der Waals surface area contributed by atoms with E-state index in [-0.39, 0.29) is 23.0 Å². The van der Waals surface area contributed by atoms with Gasteiger partial charge in [-0.1, -0.05) is 38.5 Å². The molecule has 0 aromatic rings. The molecular weight excluding hydrogens is 328 g/mol. The third-order valence-corrected chi connectivity index (χ3v) is 6.53. The number of rotatable bonds is 9. The molecule has 0 heterocycles. The summed E-state index contributed by atoms with van der Waals surface area (Å²) in [6.45, 7) is 3.74. The predicted octanol–water partition coefficient (Wildman–Crippen LogP) is 3.22. The average molecular weight is 365 g/mol. The highest BCUT2D eigenvalue weighted by Crippen LogP contribution is 2.44. The lowest BCUT2D eigenvalue weighted by molar-refractivity contribution is -0.117. The van der Waals surface area contributed by atoms with E-state index >= 15 is 0 Å². The van der Waals surface area contributed by atoms with Crippen molar-refractivity contribution in [3.8, 4) is 11.8 Å². The van der Waals surface area contributed by atoms with Crippen molar-refractivity contribution < 1.29 is 20.1 Å². The van der Waals surface area contributed by atoms with E-state index in [2.05, 4.69) is 18.8 Å². The summed E-state index contributed by atoms with van der Waals surface area (Å²) in [6.07, 6.45) is 8.22. The van der Waals surface area contributed by atoms with Crippen LogP contribution in [0.1, 0.15) is 84.5 Å². The Balaban J connectivity index is 1.78. The minimum atomic E-state index is -0.573. The minimum Gasteiger partial charge on any atom is -0.393 e. The van der Waals surface area contributed by atoms with Crippen LogP contribution in [0.15, 0.2) is 0 Å². The van der Waals surface area contributed by atoms with E-state index in [0.29, 0.717) is 19.3 Å².